The van der Waals surface area contributed by atoms with Gasteiger partial charge in [0.1, 0.15) is 0 Å². The molecule has 0 aromatic carbocycles. The highest BCUT2D eigenvalue weighted by Gasteiger charge is 2.59. The molecule has 2 rings (SSSR count). The average molecular weight is 290 g/mol. The number of carbonyl (C=O) groups excluding carboxylic acids is 1. The summed E-state index contributed by atoms with van der Waals surface area (Å²) in [6.07, 6.45) is 5.73. The molecule has 1 aliphatic rings. The number of aryl methyl sites for hydroxylation is 1. The third-order valence-corrected chi connectivity index (χ3v) is 5.44. The fraction of sp³-hybridized carbons (Fsp3) is 0.647. The summed E-state index contributed by atoms with van der Waals surface area (Å²) in [4.78, 5) is 18.4. The number of ether oxygens (including phenoxy) is 1. The van der Waals surface area contributed by atoms with Gasteiger partial charge in [0, 0.05) is 44.4 Å². The van der Waals surface area contributed by atoms with Crippen LogP contribution in [0.5, 0.6) is 0 Å². The molecule has 0 N–H and O–H groups in total. The van der Waals surface area contributed by atoms with Crippen molar-refractivity contribution < 1.29 is 9.53 Å². The van der Waals surface area contributed by atoms with E-state index in [9.17, 15) is 4.79 Å². The number of carbonyl (C=O) groups is 1. The van der Waals surface area contributed by atoms with Crippen molar-refractivity contribution in [1.29, 1.82) is 0 Å². The summed E-state index contributed by atoms with van der Waals surface area (Å²) >= 11 is 0. The van der Waals surface area contributed by atoms with Crippen molar-refractivity contribution in [3.8, 4) is 0 Å². The molecule has 1 heterocycles. The third-order valence-electron chi connectivity index (χ3n) is 5.44. The Morgan fingerprint density at radius 3 is 2.71 bits per heavy atom. The van der Waals surface area contributed by atoms with Crippen LogP contribution in [0.4, 0.5) is 0 Å². The van der Waals surface area contributed by atoms with Gasteiger partial charge in [-0.1, -0.05) is 19.9 Å². The van der Waals surface area contributed by atoms with Gasteiger partial charge in [-0.05, 0) is 31.4 Å². The zero-order valence-corrected chi connectivity index (χ0v) is 13.7. The number of hydrogen-bond acceptors (Lipinski definition) is 3. The van der Waals surface area contributed by atoms with E-state index in [1.165, 1.54) is 0 Å². The lowest BCUT2D eigenvalue weighted by molar-refractivity contribution is -0.207. The van der Waals surface area contributed by atoms with Crippen LogP contribution in [0.2, 0.25) is 0 Å². The molecule has 0 spiro atoms. The molecule has 1 amide bonds. The molecule has 1 saturated carbocycles. The highest BCUT2D eigenvalue weighted by Crippen LogP contribution is 2.53. The maximum absolute atomic E-state index is 12.4. The van der Waals surface area contributed by atoms with Crippen LogP contribution in [-0.2, 0) is 16.0 Å². The Balaban J connectivity index is 1.92. The molecule has 1 aromatic rings. The van der Waals surface area contributed by atoms with Crippen LogP contribution in [0, 0.1) is 5.41 Å². The van der Waals surface area contributed by atoms with E-state index >= 15 is 0 Å². The Labute approximate surface area is 127 Å². The van der Waals surface area contributed by atoms with Gasteiger partial charge in [-0.2, -0.15) is 0 Å². The quantitative estimate of drug-likeness (QED) is 0.837. The maximum atomic E-state index is 12.4. The van der Waals surface area contributed by atoms with Gasteiger partial charge in [0.25, 0.3) is 0 Å². The smallest absolute Gasteiger partial charge is 0.222 e. The average Bonchev–Trinajstić information content (AvgIpc) is 2.50. The molecule has 4 nitrogen and oxygen atoms in total. The zero-order valence-electron chi connectivity index (χ0n) is 13.7. The molecule has 0 unspecified atom stereocenters. The lowest BCUT2D eigenvalue weighted by Gasteiger charge is -2.61. The van der Waals surface area contributed by atoms with Crippen molar-refractivity contribution in [1.82, 2.24) is 9.88 Å². The predicted octanol–water partition coefficient (Wildman–Crippen LogP) is 2.68. The van der Waals surface area contributed by atoms with Gasteiger partial charge in [0.2, 0.25) is 5.91 Å². The topological polar surface area (TPSA) is 42.4 Å². The van der Waals surface area contributed by atoms with E-state index in [2.05, 4.69) is 25.8 Å². The summed E-state index contributed by atoms with van der Waals surface area (Å²) < 4.78 is 5.63. The molecule has 0 radical (unpaired) electrons. The van der Waals surface area contributed by atoms with Gasteiger partial charge in [-0.25, -0.2) is 0 Å². The first-order valence-electron chi connectivity index (χ1n) is 7.51. The van der Waals surface area contributed by atoms with Crippen LogP contribution in [0.15, 0.2) is 24.5 Å². The summed E-state index contributed by atoms with van der Waals surface area (Å²) in [5.41, 5.74) is 0.935. The molecule has 2 atom stereocenters. The van der Waals surface area contributed by atoms with E-state index in [0.29, 0.717) is 6.42 Å². The van der Waals surface area contributed by atoms with Gasteiger partial charge in [-0.3, -0.25) is 9.78 Å². The number of aromatic nitrogens is 1. The Bertz CT molecular complexity index is 501. The lowest BCUT2D eigenvalue weighted by atomic mass is 9.55. The first-order chi connectivity index (χ1) is 9.82. The van der Waals surface area contributed by atoms with Crippen LogP contribution in [0.25, 0.3) is 0 Å². The maximum Gasteiger partial charge on any atom is 0.222 e. The minimum absolute atomic E-state index is 0.0273. The van der Waals surface area contributed by atoms with Crippen molar-refractivity contribution in [3.05, 3.63) is 30.1 Å². The molecule has 0 bridgehead atoms. The van der Waals surface area contributed by atoms with E-state index < -0.39 is 0 Å². The summed E-state index contributed by atoms with van der Waals surface area (Å²) in [6.45, 7) is 6.47. The van der Waals surface area contributed by atoms with Crippen molar-refractivity contribution in [2.45, 2.75) is 51.7 Å². The SMILES string of the molecule is CO[C@@]1(C)C[C@@H](N(C)C(=O)CCc2cccnc2)C1(C)C. The van der Waals surface area contributed by atoms with Crippen molar-refractivity contribution >= 4 is 5.91 Å². The number of nitrogens with zero attached hydrogens (tertiary/aromatic N) is 2. The largest absolute Gasteiger partial charge is 0.378 e. The molecular weight excluding hydrogens is 264 g/mol. The van der Waals surface area contributed by atoms with Crippen LogP contribution in [-0.4, -0.2) is 41.6 Å². The Morgan fingerprint density at radius 2 is 2.19 bits per heavy atom. The van der Waals surface area contributed by atoms with Crippen molar-refractivity contribution in [2.75, 3.05) is 14.2 Å². The Hall–Kier alpha value is -1.42. The first kappa shape index (κ1) is 16.0. The van der Waals surface area contributed by atoms with Gasteiger partial charge in [-0.15, -0.1) is 0 Å². The number of amides is 1. The second kappa shape index (κ2) is 5.76. The molecule has 0 saturated heterocycles. The van der Waals surface area contributed by atoms with E-state index in [-0.39, 0.29) is 23.0 Å². The van der Waals surface area contributed by atoms with Crippen LogP contribution in [0.1, 0.15) is 39.2 Å². The number of methoxy groups -OCH3 is 1. The van der Waals surface area contributed by atoms with Crippen LogP contribution in [0.3, 0.4) is 0 Å². The number of pyridine rings is 1. The Kier molecular flexibility index (Phi) is 4.38. The molecule has 0 aliphatic heterocycles. The summed E-state index contributed by atoms with van der Waals surface area (Å²) in [7, 11) is 3.66. The summed E-state index contributed by atoms with van der Waals surface area (Å²) in [6, 6.07) is 4.15. The third kappa shape index (κ3) is 2.82. The normalized spacial score (nSPS) is 27.0. The first-order valence-corrected chi connectivity index (χ1v) is 7.51. The standard InChI is InChI=1S/C17H26N2O2/c1-16(2)14(11-17(16,3)21-5)19(4)15(20)9-8-13-7-6-10-18-12-13/h6-7,10,12,14H,8-9,11H2,1-5H3/t14-,17+/m1/s1. The molecule has 1 aliphatic carbocycles. The number of rotatable bonds is 5. The van der Waals surface area contributed by atoms with Crippen molar-refractivity contribution in [2.24, 2.45) is 5.41 Å². The van der Waals surface area contributed by atoms with Crippen LogP contribution >= 0.6 is 0 Å². The van der Waals surface area contributed by atoms with E-state index in [0.717, 1.165) is 18.4 Å². The van der Waals surface area contributed by atoms with E-state index in [4.69, 9.17) is 4.74 Å². The molecule has 116 valence electrons. The van der Waals surface area contributed by atoms with E-state index in [1.54, 1.807) is 13.3 Å². The summed E-state index contributed by atoms with van der Waals surface area (Å²) in [5, 5.41) is 0. The summed E-state index contributed by atoms with van der Waals surface area (Å²) in [5.74, 6) is 0.190. The van der Waals surface area contributed by atoms with E-state index in [1.807, 2.05) is 30.3 Å². The molecular formula is C17H26N2O2. The molecule has 1 aromatic heterocycles. The fourth-order valence-electron chi connectivity index (χ4n) is 3.22. The Morgan fingerprint density at radius 1 is 1.48 bits per heavy atom. The van der Waals surface area contributed by atoms with Gasteiger partial charge in [0.05, 0.1) is 5.60 Å². The predicted molar refractivity (Wildman–Crippen MR) is 82.9 cm³/mol. The van der Waals surface area contributed by atoms with Crippen LogP contribution < -0.4 is 0 Å². The van der Waals surface area contributed by atoms with Crippen molar-refractivity contribution in [3.63, 3.8) is 0 Å². The zero-order chi connectivity index (χ0) is 15.7. The lowest BCUT2D eigenvalue weighted by Crippen LogP contribution is -2.68. The van der Waals surface area contributed by atoms with Gasteiger partial charge >= 0.3 is 0 Å². The van der Waals surface area contributed by atoms with Gasteiger partial charge in [0.15, 0.2) is 0 Å². The minimum Gasteiger partial charge on any atom is -0.378 e. The van der Waals surface area contributed by atoms with Gasteiger partial charge < -0.3 is 9.64 Å². The fourth-order valence-corrected chi connectivity index (χ4v) is 3.22. The second-order valence-corrected chi connectivity index (χ2v) is 6.74. The number of hydrogen-bond donors (Lipinski definition) is 0. The monoisotopic (exact) mass is 290 g/mol. The highest BCUT2D eigenvalue weighted by atomic mass is 16.5. The minimum atomic E-state index is -0.143. The molecule has 1 fully saturated rings. The second-order valence-electron chi connectivity index (χ2n) is 6.74. The molecule has 4 heteroatoms. The molecule has 21 heavy (non-hydrogen) atoms. The highest BCUT2D eigenvalue weighted by molar-refractivity contribution is 5.76.